The number of ether oxygens (including phenoxy) is 3. The van der Waals surface area contributed by atoms with Crippen LogP contribution in [0.4, 0.5) is 0 Å². The molecule has 0 radical (unpaired) electrons. The number of aromatic amines is 1. The van der Waals surface area contributed by atoms with E-state index in [1.54, 1.807) is 12.1 Å². The fraction of sp³-hybridized carbons (Fsp3) is 0.333. The number of aromatic nitrogens is 1. The van der Waals surface area contributed by atoms with E-state index in [0.717, 1.165) is 12.2 Å². The highest BCUT2D eigenvalue weighted by Crippen LogP contribution is 2.17. The number of hydrogen-bond acceptors (Lipinski definition) is 5. The second-order valence-corrected chi connectivity index (χ2v) is 5.16. The van der Waals surface area contributed by atoms with Crippen molar-refractivity contribution in [2.75, 3.05) is 19.8 Å². The monoisotopic (exact) mass is 331 g/mol. The van der Waals surface area contributed by atoms with Crippen LogP contribution in [0.5, 0.6) is 11.5 Å². The second-order valence-electron chi connectivity index (χ2n) is 5.16. The van der Waals surface area contributed by atoms with Gasteiger partial charge in [-0.05, 0) is 43.7 Å². The Labute approximate surface area is 140 Å². The summed E-state index contributed by atoms with van der Waals surface area (Å²) < 4.78 is 16.1. The molecule has 0 spiro atoms. The summed E-state index contributed by atoms with van der Waals surface area (Å²) in [6.07, 6.45) is 2.44. The first-order valence-corrected chi connectivity index (χ1v) is 7.82. The van der Waals surface area contributed by atoms with Gasteiger partial charge in [0.15, 0.2) is 5.78 Å². The molecule has 0 fully saturated rings. The Bertz CT molecular complexity index is 675. The maximum Gasteiger partial charge on any atom is 0.354 e. The third-order valence-electron chi connectivity index (χ3n) is 3.19. The normalized spacial score (nSPS) is 10.2. The minimum absolute atomic E-state index is 0.111. The fourth-order valence-corrected chi connectivity index (χ4v) is 1.94. The highest BCUT2D eigenvalue weighted by Gasteiger charge is 2.11. The number of ketones is 1. The molecule has 24 heavy (non-hydrogen) atoms. The van der Waals surface area contributed by atoms with E-state index in [0.29, 0.717) is 17.9 Å². The van der Waals surface area contributed by atoms with Gasteiger partial charge in [0.2, 0.25) is 0 Å². The second kappa shape index (κ2) is 8.76. The van der Waals surface area contributed by atoms with Crippen molar-refractivity contribution >= 4 is 11.8 Å². The zero-order chi connectivity index (χ0) is 17.4. The number of rotatable bonds is 9. The molecule has 0 amide bonds. The molecule has 1 heterocycles. The minimum Gasteiger partial charge on any atom is -0.494 e. The summed E-state index contributed by atoms with van der Waals surface area (Å²) in [5, 5.41) is 0. The Hall–Kier alpha value is -2.76. The SMILES string of the molecule is CCCOc1ccc(OCCOC(=O)c2cc(C(C)=O)c[nH]2)cc1. The van der Waals surface area contributed by atoms with E-state index >= 15 is 0 Å². The summed E-state index contributed by atoms with van der Waals surface area (Å²) in [4.78, 5) is 25.7. The van der Waals surface area contributed by atoms with Crippen LogP contribution >= 0.6 is 0 Å². The summed E-state index contributed by atoms with van der Waals surface area (Å²) in [7, 11) is 0. The molecule has 128 valence electrons. The van der Waals surface area contributed by atoms with Gasteiger partial charge in [-0.2, -0.15) is 0 Å². The number of esters is 1. The molecule has 0 saturated carbocycles. The molecule has 0 bridgehead atoms. The van der Waals surface area contributed by atoms with Crippen molar-refractivity contribution in [1.29, 1.82) is 0 Å². The van der Waals surface area contributed by atoms with E-state index in [-0.39, 0.29) is 24.7 Å². The lowest BCUT2D eigenvalue weighted by atomic mass is 10.2. The first-order valence-electron chi connectivity index (χ1n) is 7.82. The van der Waals surface area contributed by atoms with E-state index in [1.165, 1.54) is 19.2 Å². The van der Waals surface area contributed by atoms with Gasteiger partial charge in [-0.15, -0.1) is 0 Å². The van der Waals surface area contributed by atoms with Crippen molar-refractivity contribution in [1.82, 2.24) is 4.98 Å². The largest absolute Gasteiger partial charge is 0.494 e. The maximum absolute atomic E-state index is 11.8. The first-order chi connectivity index (χ1) is 11.6. The quantitative estimate of drug-likeness (QED) is 0.433. The van der Waals surface area contributed by atoms with Gasteiger partial charge in [-0.25, -0.2) is 4.79 Å². The highest BCUT2D eigenvalue weighted by atomic mass is 16.6. The van der Waals surface area contributed by atoms with Gasteiger partial charge in [-0.3, -0.25) is 4.79 Å². The van der Waals surface area contributed by atoms with Crippen molar-refractivity contribution in [2.45, 2.75) is 20.3 Å². The van der Waals surface area contributed by atoms with Crippen LogP contribution in [0.15, 0.2) is 36.5 Å². The molecular weight excluding hydrogens is 310 g/mol. The lowest BCUT2D eigenvalue weighted by molar-refractivity contribution is 0.0444. The van der Waals surface area contributed by atoms with E-state index < -0.39 is 5.97 Å². The molecule has 0 aliphatic carbocycles. The molecule has 0 aliphatic heterocycles. The van der Waals surface area contributed by atoms with Crippen molar-refractivity contribution < 1.29 is 23.8 Å². The van der Waals surface area contributed by atoms with Gasteiger partial charge in [0.1, 0.15) is 30.4 Å². The van der Waals surface area contributed by atoms with E-state index in [4.69, 9.17) is 14.2 Å². The Morgan fingerprint density at radius 1 is 1.00 bits per heavy atom. The highest BCUT2D eigenvalue weighted by molar-refractivity contribution is 5.97. The summed E-state index contributed by atoms with van der Waals surface area (Å²) >= 11 is 0. The van der Waals surface area contributed by atoms with Crippen LogP contribution in [0.1, 0.15) is 41.1 Å². The molecule has 0 atom stereocenters. The van der Waals surface area contributed by atoms with E-state index in [1.807, 2.05) is 19.1 Å². The lowest BCUT2D eigenvalue weighted by Crippen LogP contribution is -2.12. The predicted molar refractivity (Wildman–Crippen MR) is 88.8 cm³/mol. The molecular formula is C18H21NO5. The Morgan fingerprint density at radius 2 is 1.62 bits per heavy atom. The summed E-state index contributed by atoms with van der Waals surface area (Å²) in [5.41, 5.74) is 0.696. The average Bonchev–Trinajstić information content (AvgIpc) is 3.08. The molecule has 2 aromatic rings. The van der Waals surface area contributed by atoms with E-state index in [9.17, 15) is 9.59 Å². The number of benzene rings is 1. The van der Waals surface area contributed by atoms with Crippen molar-refractivity contribution in [3.63, 3.8) is 0 Å². The van der Waals surface area contributed by atoms with Crippen LogP contribution in [0, 0.1) is 0 Å². The first kappa shape index (κ1) is 17.6. The van der Waals surface area contributed by atoms with Gasteiger partial charge in [-0.1, -0.05) is 6.92 Å². The molecule has 0 aliphatic rings. The van der Waals surface area contributed by atoms with E-state index in [2.05, 4.69) is 4.98 Å². The molecule has 2 rings (SSSR count). The number of H-pyrrole nitrogens is 1. The summed E-state index contributed by atoms with van der Waals surface area (Å²) in [6, 6.07) is 8.74. The third-order valence-corrected chi connectivity index (χ3v) is 3.19. The maximum atomic E-state index is 11.8. The smallest absolute Gasteiger partial charge is 0.354 e. The average molecular weight is 331 g/mol. The number of Topliss-reactive ketones (excluding diaryl/α,β-unsaturated/α-hetero) is 1. The summed E-state index contributed by atoms with van der Waals surface area (Å²) in [6.45, 7) is 4.51. The van der Waals surface area contributed by atoms with Crippen LogP contribution in [0.25, 0.3) is 0 Å². The van der Waals surface area contributed by atoms with Crippen molar-refractivity contribution in [3.8, 4) is 11.5 Å². The molecule has 1 aromatic carbocycles. The lowest BCUT2D eigenvalue weighted by Gasteiger charge is -2.08. The number of carbonyl (C=O) groups is 2. The molecule has 1 aromatic heterocycles. The predicted octanol–water partition coefficient (Wildman–Crippen LogP) is 3.24. The Balaban J connectivity index is 1.72. The van der Waals surface area contributed by atoms with Crippen molar-refractivity contribution in [3.05, 3.63) is 47.8 Å². The Morgan fingerprint density at radius 3 is 2.17 bits per heavy atom. The van der Waals surface area contributed by atoms with Crippen LogP contribution < -0.4 is 9.47 Å². The number of hydrogen-bond donors (Lipinski definition) is 1. The fourth-order valence-electron chi connectivity index (χ4n) is 1.94. The third kappa shape index (κ3) is 5.15. The topological polar surface area (TPSA) is 77.6 Å². The Kier molecular flexibility index (Phi) is 6.42. The molecule has 0 unspecified atom stereocenters. The minimum atomic E-state index is -0.519. The van der Waals surface area contributed by atoms with Crippen LogP contribution in [-0.2, 0) is 4.74 Å². The number of nitrogens with one attached hydrogen (secondary N) is 1. The number of carbonyl (C=O) groups excluding carboxylic acids is 2. The zero-order valence-corrected chi connectivity index (χ0v) is 13.8. The van der Waals surface area contributed by atoms with Crippen molar-refractivity contribution in [2.24, 2.45) is 0 Å². The summed E-state index contributed by atoms with van der Waals surface area (Å²) in [5.74, 6) is 0.840. The van der Waals surface area contributed by atoms with Crippen LogP contribution in [-0.4, -0.2) is 36.6 Å². The van der Waals surface area contributed by atoms with Gasteiger partial charge in [0.25, 0.3) is 0 Å². The zero-order valence-electron chi connectivity index (χ0n) is 13.8. The van der Waals surface area contributed by atoms with Gasteiger partial charge in [0, 0.05) is 11.8 Å². The van der Waals surface area contributed by atoms with Crippen LogP contribution in [0.2, 0.25) is 0 Å². The molecule has 1 N–H and O–H groups in total. The van der Waals surface area contributed by atoms with Gasteiger partial charge < -0.3 is 19.2 Å². The standard InChI is InChI=1S/C18H21NO5/c1-3-8-22-15-4-6-16(7-5-15)23-9-10-24-18(21)17-11-14(12-19-17)13(2)20/h4-7,11-12,19H,3,8-10H2,1-2H3. The molecule has 6 heteroatoms. The molecule has 0 saturated heterocycles. The van der Waals surface area contributed by atoms with Gasteiger partial charge in [0.05, 0.1) is 6.61 Å². The molecule has 6 nitrogen and oxygen atoms in total. The van der Waals surface area contributed by atoms with Gasteiger partial charge >= 0.3 is 5.97 Å². The van der Waals surface area contributed by atoms with Crippen LogP contribution in [0.3, 0.4) is 0 Å².